The van der Waals surface area contributed by atoms with E-state index in [0.29, 0.717) is 0 Å². The van der Waals surface area contributed by atoms with Gasteiger partial charge in [-0.15, -0.1) is 0 Å². The van der Waals surface area contributed by atoms with Crippen LogP contribution >= 0.6 is 11.6 Å². The predicted octanol–water partition coefficient (Wildman–Crippen LogP) is 5.05. The monoisotopic (exact) mass is 200 g/mol. The zero-order chi connectivity index (χ0) is 10.1. The van der Waals surface area contributed by atoms with Crippen molar-refractivity contribution in [1.29, 1.82) is 0 Å². The summed E-state index contributed by atoms with van der Waals surface area (Å²) in [5.41, 5.74) is 4.18. The molecule has 76 valence electrons. The lowest BCUT2D eigenvalue weighted by atomic mass is 9.99. The predicted molar refractivity (Wildman–Crippen MR) is 62.1 cm³/mol. The molecule has 0 nitrogen and oxygen atoms in total. The van der Waals surface area contributed by atoms with Gasteiger partial charge in [0, 0.05) is 5.54 Å². The molecule has 0 aromatic carbocycles. The molecule has 0 saturated carbocycles. The van der Waals surface area contributed by atoms with Crippen molar-refractivity contribution < 1.29 is 0 Å². The fourth-order valence-electron chi connectivity index (χ4n) is 1.23. The van der Waals surface area contributed by atoms with Gasteiger partial charge in [0.15, 0.2) is 0 Å². The second kappa shape index (κ2) is 8.37. The highest BCUT2D eigenvalue weighted by atomic mass is 35.5. The van der Waals surface area contributed by atoms with Gasteiger partial charge in [-0.3, -0.25) is 0 Å². The summed E-state index contributed by atoms with van der Waals surface area (Å²) in [6.45, 7) is 8.46. The molecular weight excluding hydrogens is 180 g/mol. The minimum atomic E-state index is 1.09. The van der Waals surface area contributed by atoms with Crippen LogP contribution in [0, 0.1) is 0 Å². The first-order chi connectivity index (χ1) is 6.26. The fraction of sp³-hybridized carbons (Fsp3) is 0.667. The van der Waals surface area contributed by atoms with Crippen molar-refractivity contribution in [2.45, 2.75) is 52.4 Å². The normalized spacial score (nSPS) is 11.8. The lowest BCUT2D eigenvalue weighted by Crippen LogP contribution is -1.88. The molecule has 1 heteroatoms. The maximum atomic E-state index is 5.75. The van der Waals surface area contributed by atoms with Gasteiger partial charge in [0.05, 0.1) is 0 Å². The summed E-state index contributed by atoms with van der Waals surface area (Å²) in [6, 6.07) is 0. The van der Waals surface area contributed by atoms with Crippen LogP contribution in [0.15, 0.2) is 23.3 Å². The molecule has 0 aliphatic rings. The third-order valence-electron chi connectivity index (χ3n) is 2.22. The van der Waals surface area contributed by atoms with Crippen LogP contribution in [0.4, 0.5) is 0 Å². The lowest BCUT2D eigenvalue weighted by Gasteiger charge is -2.08. The van der Waals surface area contributed by atoms with E-state index in [2.05, 4.69) is 20.4 Å². The molecule has 0 spiro atoms. The van der Waals surface area contributed by atoms with Gasteiger partial charge < -0.3 is 0 Å². The van der Waals surface area contributed by atoms with Gasteiger partial charge in [-0.2, -0.15) is 0 Å². The minimum absolute atomic E-state index is 1.09. The van der Waals surface area contributed by atoms with Gasteiger partial charge in [0.25, 0.3) is 0 Å². The average molecular weight is 201 g/mol. The summed E-state index contributed by atoms with van der Waals surface area (Å²) in [5.74, 6) is 0. The Balaban J connectivity index is 3.87. The van der Waals surface area contributed by atoms with E-state index in [1.54, 1.807) is 5.54 Å². The smallest absolute Gasteiger partial charge is 0.00770 e. The molecule has 0 bridgehead atoms. The topological polar surface area (TPSA) is 0 Å². The molecule has 0 aliphatic carbocycles. The summed E-state index contributed by atoms with van der Waals surface area (Å²) in [7, 11) is 0. The van der Waals surface area contributed by atoms with Crippen LogP contribution in [-0.2, 0) is 0 Å². The Hall–Kier alpha value is -0.230. The van der Waals surface area contributed by atoms with Crippen molar-refractivity contribution in [3.63, 3.8) is 0 Å². The largest absolute Gasteiger partial charge is 0.0955 e. The molecular formula is C12H21Cl. The van der Waals surface area contributed by atoms with Gasteiger partial charge in [0.2, 0.25) is 0 Å². The number of hydrogen-bond donors (Lipinski definition) is 0. The minimum Gasteiger partial charge on any atom is -0.0955 e. The SMILES string of the molecule is C=C(CCCC)/C(=C\Cl)CCCC. The lowest BCUT2D eigenvalue weighted by molar-refractivity contribution is 0.755. The van der Waals surface area contributed by atoms with Crippen LogP contribution in [-0.4, -0.2) is 0 Å². The van der Waals surface area contributed by atoms with Crippen LogP contribution < -0.4 is 0 Å². The Morgan fingerprint density at radius 3 is 2.15 bits per heavy atom. The zero-order valence-electron chi connectivity index (χ0n) is 8.91. The molecule has 0 atom stereocenters. The molecule has 0 aromatic rings. The van der Waals surface area contributed by atoms with Gasteiger partial charge in [0.1, 0.15) is 0 Å². The molecule has 0 amide bonds. The van der Waals surface area contributed by atoms with E-state index in [9.17, 15) is 0 Å². The zero-order valence-corrected chi connectivity index (χ0v) is 9.66. The Bertz CT molecular complexity index is 168. The quantitative estimate of drug-likeness (QED) is 0.505. The molecule has 0 unspecified atom stereocenters. The third-order valence-corrected chi connectivity index (χ3v) is 2.48. The first kappa shape index (κ1) is 12.8. The summed E-state index contributed by atoms with van der Waals surface area (Å²) in [6.07, 6.45) is 7.06. The number of halogens is 1. The Labute approximate surface area is 87.7 Å². The first-order valence-electron chi connectivity index (χ1n) is 5.23. The number of allylic oxidation sites excluding steroid dienone is 2. The Morgan fingerprint density at radius 2 is 1.69 bits per heavy atom. The maximum absolute atomic E-state index is 5.75. The standard InChI is InChI=1S/C12H21Cl/c1-4-6-8-11(3)12(10-13)9-7-5-2/h10H,3-9H2,1-2H3/b12-10-. The van der Waals surface area contributed by atoms with Gasteiger partial charge in [-0.1, -0.05) is 50.4 Å². The molecule has 0 radical (unpaired) electrons. The number of rotatable bonds is 7. The summed E-state index contributed by atoms with van der Waals surface area (Å²) < 4.78 is 0. The van der Waals surface area contributed by atoms with Crippen molar-refractivity contribution >= 4 is 11.6 Å². The van der Waals surface area contributed by atoms with Crippen molar-refractivity contribution in [2.24, 2.45) is 0 Å². The molecule has 0 N–H and O–H groups in total. The van der Waals surface area contributed by atoms with Crippen molar-refractivity contribution in [3.8, 4) is 0 Å². The van der Waals surface area contributed by atoms with Crippen molar-refractivity contribution in [2.75, 3.05) is 0 Å². The van der Waals surface area contributed by atoms with Crippen LogP contribution in [0.1, 0.15) is 52.4 Å². The Kier molecular flexibility index (Phi) is 8.22. The molecule has 13 heavy (non-hydrogen) atoms. The van der Waals surface area contributed by atoms with E-state index in [0.717, 1.165) is 12.8 Å². The third kappa shape index (κ3) is 5.93. The molecule has 0 heterocycles. The van der Waals surface area contributed by atoms with E-state index < -0.39 is 0 Å². The highest BCUT2D eigenvalue weighted by Crippen LogP contribution is 2.21. The van der Waals surface area contributed by atoms with E-state index >= 15 is 0 Å². The number of hydrogen-bond acceptors (Lipinski definition) is 0. The highest BCUT2D eigenvalue weighted by molar-refractivity contribution is 6.25. The van der Waals surface area contributed by atoms with Gasteiger partial charge >= 0.3 is 0 Å². The van der Waals surface area contributed by atoms with Crippen LogP contribution in [0.2, 0.25) is 0 Å². The Morgan fingerprint density at radius 1 is 1.15 bits per heavy atom. The van der Waals surface area contributed by atoms with Crippen LogP contribution in [0.25, 0.3) is 0 Å². The van der Waals surface area contributed by atoms with Gasteiger partial charge in [-0.05, 0) is 31.3 Å². The second-order valence-corrected chi connectivity index (χ2v) is 3.66. The van der Waals surface area contributed by atoms with Crippen molar-refractivity contribution in [1.82, 2.24) is 0 Å². The molecule has 0 fully saturated rings. The van der Waals surface area contributed by atoms with E-state index in [4.69, 9.17) is 11.6 Å². The van der Waals surface area contributed by atoms with Crippen LogP contribution in [0.5, 0.6) is 0 Å². The molecule has 0 rings (SSSR count). The van der Waals surface area contributed by atoms with E-state index in [1.165, 1.54) is 36.8 Å². The van der Waals surface area contributed by atoms with E-state index in [-0.39, 0.29) is 0 Å². The van der Waals surface area contributed by atoms with Crippen LogP contribution in [0.3, 0.4) is 0 Å². The fourth-order valence-corrected chi connectivity index (χ4v) is 1.49. The average Bonchev–Trinajstić information content (AvgIpc) is 2.16. The summed E-state index contributed by atoms with van der Waals surface area (Å²) in [5, 5.41) is 0. The van der Waals surface area contributed by atoms with Gasteiger partial charge in [-0.25, -0.2) is 0 Å². The summed E-state index contributed by atoms with van der Waals surface area (Å²) >= 11 is 5.75. The molecule has 0 aliphatic heterocycles. The second-order valence-electron chi connectivity index (χ2n) is 3.45. The first-order valence-corrected chi connectivity index (χ1v) is 5.67. The highest BCUT2D eigenvalue weighted by Gasteiger charge is 2.01. The van der Waals surface area contributed by atoms with Crippen molar-refractivity contribution in [3.05, 3.63) is 23.3 Å². The van der Waals surface area contributed by atoms with E-state index in [1.807, 2.05) is 0 Å². The molecule has 0 aromatic heterocycles. The number of unbranched alkanes of at least 4 members (excludes halogenated alkanes) is 2. The summed E-state index contributed by atoms with van der Waals surface area (Å²) in [4.78, 5) is 0. The maximum Gasteiger partial charge on any atom is 0.00770 e. The molecule has 0 saturated heterocycles.